The molecule has 0 aliphatic heterocycles. The van der Waals surface area contributed by atoms with E-state index in [1.807, 2.05) is 36.7 Å². The number of hydrogen-bond acceptors (Lipinski definition) is 4. The number of aryl methyl sites for hydroxylation is 2. The quantitative estimate of drug-likeness (QED) is 0.652. The zero-order chi connectivity index (χ0) is 17.1. The minimum absolute atomic E-state index is 0.684. The number of fused-ring (bicyclic) bond motifs is 1. The minimum atomic E-state index is 0.684. The van der Waals surface area contributed by atoms with Crippen molar-refractivity contribution in [1.82, 2.24) is 19.7 Å². The lowest BCUT2D eigenvalue weighted by atomic mass is 10.2. The van der Waals surface area contributed by atoms with Crippen molar-refractivity contribution in [2.45, 2.75) is 20.3 Å². The minimum Gasteiger partial charge on any atom is -0.491 e. The Labute approximate surface area is 142 Å². The summed E-state index contributed by atoms with van der Waals surface area (Å²) in [5.41, 5.74) is 2.94. The molecule has 5 nitrogen and oxygen atoms in total. The van der Waals surface area contributed by atoms with Crippen LogP contribution >= 0.6 is 0 Å². The van der Waals surface area contributed by atoms with Crippen LogP contribution in [0.5, 0.6) is 5.75 Å². The van der Waals surface area contributed by atoms with Crippen LogP contribution in [0.1, 0.15) is 17.8 Å². The molecule has 0 spiro atoms. The van der Waals surface area contributed by atoms with Crippen LogP contribution in [0.4, 0.5) is 0 Å². The van der Waals surface area contributed by atoms with Crippen LogP contribution < -0.4 is 4.74 Å². The summed E-state index contributed by atoms with van der Waals surface area (Å²) in [5.74, 6) is 1.65. The van der Waals surface area contributed by atoms with Crippen LogP contribution in [0.25, 0.3) is 16.7 Å². The summed E-state index contributed by atoms with van der Waals surface area (Å²) in [6, 6.07) is 12.2. The first-order chi connectivity index (χ1) is 11.5. The van der Waals surface area contributed by atoms with Gasteiger partial charge in [0.05, 0.1) is 12.3 Å². The Morgan fingerprint density at radius 1 is 1.12 bits per heavy atom. The molecule has 126 valence electrons. The molecular formula is C19H24N4O. The molecular weight excluding hydrogens is 300 g/mol. The van der Waals surface area contributed by atoms with Gasteiger partial charge in [-0.15, -0.1) is 0 Å². The number of hydrogen-bond donors (Lipinski definition) is 0. The molecule has 24 heavy (non-hydrogen) atoms. The van der Waals surface area contributed by atoms with Crippen molar-refractivity contribution in [2.24, 2.45) is 0 Å². The summed E-state index contributed by atoms with van der Waals surface area (Å²) in [4.78, 5) is 6.96. The number of benzene rings is 1. The Bertz CT molecular complexity index is 838. The highest BCUT2D eigenvalue weighted by Crippen LogP contribution is 2.25. The van der Waals surface area contributed by atoms with Crippen molar-refractivity contribution in [3.8, 4) is 11.6 Å². The first-order valence-corrected chi connectivity index (χ1v) is 8.25. The lowest BCUT2D eigenvalue weighted by molar-refractivity contribution is 0.284. The number of para-hydroxylation sites is 1. The molecule has 0 atom stereocenters. The maximum atomic E-state index is 5.98. The second-order valence-corrected chi connectivity index (χ2v) is 6.34. The molecule has 0 aliphatic carbocycles. The molecule has 3 rings (SSSR count). The molecule has 0 radical (unpaired) electrons. The normalized spacial score (nSPS) is 11.4. The van der Waals surface area contributed by atoms with Crippen LogP contribution in [0, 0.1) is 13.8 Å². The standard InChI is InChI=1S/C19H24N4O/c1-14-13-15(2)23(21-14)18-10-9-16-7-5-8-17(19(16)20-18)24-12-6-11-22(3)4/h5,7-10,13H,6,11-12H2,1-4H3. The van der Waals surface area contributed by atoms with Gasteiger partial charge in [0.15, 0.2) is 5.82 Å². The SMILES string of the molecule is Cc1cc(C)n(-c2ccc3cccc(OCCCN(C)C)c3n2)n1. The van der Waals surface area contributed by atoms with Gasteiger partial charge in [0.25, 0.3) is 0 Å². The number of rotatable bonds is 6. The van der Waals surface area contributed by atoms with Gasteiger partial charge in [-0.3, -0.25) is 0 Å². The smallest absolute Gasteiger partial charge is 0.154 e. The van der Waals surface area contributed by atoms with Gasteiger partial charge in [-0.05, 0) is 58.6 Å². The van der Waals surface area contributed by atoms with Gasteiger partial charge in [0, 0.05) is 17.6 Å². The largest absolute Gasteiger partial charge is 0.491 e. The average molecular weight is 324 g/mol. The van der Waals surface area contributed by atoms with E-state index in [4.69, 9.17) is 9.72 Å². The van der Waals surface area contributed by atoms with Crippen LogP contribution in [0.15, 0.2) is 36.4 Å². The van der Waals surface area contributed by atoms with Gasteiger partial charge in [-0.25, -0.2) is 9.67 Å². The second kappa shape index (κ2) is 7.01. The predicted octanol–water partition coefficient (Wildman–Crippen LogP) is 3.37. The summed E-state index contributed by atoms with van der Waals surface area (Å²) in [5, 5.41) is 5.59. The van der Waals surface area contributed by atoms with E-state index in [1.54, 1.807) is 0 Å². The molecule has 1 aromatic carbocycles. The van der Waals surface area contributed by atoms with E-state index in [2.05, 4.69) is 42.3 Å². The van der Waals surface area contributed by atoms with E-state index >= 15 is 0 Å². The third-order valence-corrected chi connectivity index (χ3v) is 3.90. The van der Waals surface area contributed by atoms with Crippen LogP contribution in [-0.4, -0.2) is 46.9 Å². The summed E-state index contributed by atoms with van der Waals surface area (Å²) in [7, 11) is 4.14. The van der Waals surface area contributed by atoms with Crippen molar-refractivity contribution in [2.75, 3.05) is 27.2 Å². The predicted molar refractivity (Wildman–Crippen MR) is 97.0 cm³/mol. The fourth-order valence-electron chi connectivity index (χ4n) is 2.77. The number of aromatic nitrogens is 3. The summed E-state index contributed by atoms with van der Waals surface area (Å²) in [6.45, 7) is 5.72. The molecule has 0 N–H and O–H groups in total. The van der Waals surface area contributed by atoms with Crippen LogP contribution in [-0.2, 0) is 0 Å². The first kappa shape index (κ1) is 16.5. The van der Waals surface area contributed by atoms with Crippen molar-refractivity contribution < 1.29 is 4.74 Å². The Kier molecular flexibility index (Phi) is 4.81. The van der Waals surface area contributed by atoms with Gasteiger partial charge < -0.3 is 9.64 Å². The van der Waals surface area contributed by atoms with Gasteiger partial charge in [0.1, 0.15) is 11.3 Å². The molecule has 0 fully saturated rings. The number of nitrogens with zero attached hydrogens (tertiary/aromatic N) is 4. The fraction of sp³-hybridized carbons (Fsp3) is 0.368. The molecule has 2 heterocycles. The Morgan fingerprint density at radius 2 is 1.96 bits per heavy atom. The Balaban J connectivity index is 1.90. The maximum absolute atomic E-state index is 5.98. The highest BCUT2D eigenvalue weighted by molar-refractivity contribution is 5.85. The van der Waals surface area contributed by atoms with Crippen LogP contribution in [0.2, 0.25) is 0 Å². The zero-order valence-corrected chi connectivity index (χ0v) is 14.8. The molecule has 0 saturated heterocycles. The average Bonchev–Trinajstić information content (AvgIpc) is 2.89. The Hall–Kier alpha value is -2.40. The zero-order valence-electron chi connectivity index (χ0n) is 14.8. The molecule has 2 aromatic heterocycles. The van der Waals surface area contributed by atoms with Gasteiger partial charge in [0.2, 0.25) is 0 Å². The molecule has 0 saturated carbocycles. The van der Waals surface area contributed by atoms with Gasteiger partial charge in [-0.1, -0.05) is 12.1 Å². The van der Waals surface area contributed by atoms with Gasteiger partial charge in [-0.2, -0.15) is 5.10 Å². The summed E-state index contributed by atoms with van der Waals surface area (Å²) >= 11 is 0. The van der Waals surface area contributed by atoms with E-state index in [-0.39, 0.29) is 0 Å². The van der Waals surface area contributed by atoms with Crippen molar-refractivity contribution >= 4 is 10.9 Å². The van der Waals surface area contributed by atoms with Gasteiger partial charge >= 0.3 is 0 Å². The van der Waals surface area contributed by atoms with E-state index in [0.717, 1.165) is 46.8 Å². The molecule has 0 unspecified atom stereocenters. The van der Waals surface area contributed by atoms with E-state index in [0.29, 0.717) is 6.61 Å². The lowest BCUT2D eigenvalue weighted by Crippen LogP contribution is -2.15. The first-order valence-electron chi connectivity index (χ1n) is 8.25. The van der Waals surface area contributed by atoms with Crippen molar-refractivity contribution in [3.05, 3.63) is 47.8 Å². The number of ether oxygens (including phenoxy) is 1. The topological polar surface area (TPSA) is 43.2 Å². The van der Waals surface area contributed by atoms with E-state index < -0.39 is 0 Å². The second-order valence-electron chi connectivity index (χ2n) is 6.34. The highest BCUT2D eigenvalue weighted by Gasteiger charge is 2.09. The van der Waals surface area contributed by atoms with E-state index in [9.17, 15) is 0 Å². The van der Waals surface area contributed by atoms with Crippen molar-refractivity contribution in [3.63, 3.8) is 0 Å². The van der Waals surface area contributed by atoms with Crippen LogP contribution in [0.3, 0.4) is 0 Å². The summed E-state index contributed by atoms with van der Waals surface area (Å²) in [6.07, 6.45) is 0.987. The molecule has 0 aliphatic rings. The van der Waals surface area contributed by atoms with Crippen molar-refractivity contribution in [1.29, 1.82) is 0 Å². The molecule has 3 aromatic rings. The molecule has 0 amide bonds. The maximum Gasteiger partial charge on any atom is 0.154 e. The molecule has 0 bridgehead atoms. The number of pyridine rings is 1. The lowest BCUT2D eigenvalue weighted by Gasteiger charge is -2.12. The third kappa shape index (κ3) is 3.57. The van der Waals surface area contributed by atoms with E-state index in [1.165, 1.54) is 0 Å². The fourth-order valence-corrected chi connectivity index (χ4v) is 2.77. The third-order valence-electron chi connectivity index (χ3n) is 3.90. The highest BCUT2D eigenvalue weighted by atomic mass is 16.5. The monoisotopic (exact) mass is 324 g/mol. The summed E-state index contributed by atoms with van der Waals surface area (Å²) < 4.78 is 7.85. The molecule has 5 heteroatoms. The Morgan fingerprint density at radius 3 is 2.67 bits per heavy atom.